The second kappa shape index (κ2) is 11.8. The van der Waals surface area contributed by atoms with Crippen molar-refractivity contribution in [1.82, 2.24) is 20.3 Å². The first-order valence-electron chi connectivity index (χ1n) is 13.7. The maximum absolute atomic E-state index is 14.3. The molecular formula is C31H35N5O4. The number of hydrogen-bond donors (Lipinski definition) is 2. The molecule has 0 unspecified atom stereocenters. The van der Waals surface area contributed by atoms with Crippen LogP contribution in [0, 0.1) is 13.8 Å². The lowest BCUT2D eigenvalue weighted by Crippen LogP contribution is -2.48. The Labute approximate surface area is 233 Å². The maximum atomic E-state index is 14.3. The van der Waals surface area contributed by atoms with E-state index in [0.717, 1.165) is 48.7 Å². The first-order valence-corrected chi connectivity index (χ1v) is 13.7. The number of ether oxygens (including phenoxy) is 1. The SMILES string of the molecule is COc1ccc([C@H](C(=O)NC2CCCCC2)N(C(=O)Cn2nnc3ccccc32)c2cc(C)cc(C)c2)cc1O. The zero-order chi connectivity index (χ0) is 28.2. The van der Waals surface area contributed by atoms with Gasteiger partial charge in [0, 0.05) is 11.7 Å². The fourth-order valence-corrected chi connectivity index (χ4v) is 5.59. The van der Waals surface area contributed by atoms with Crippen LogP contribution in [-0.2, 0) is 16.1 Å². The Morgan fingerprint density at radius 3 is 2.48 bits per heavy atom. The molecule has 1 fully saturated rings. The summed E-state index contributed by atoms with van der Waals surface area (Å²) in [5, 5.41) is 22.3. The number of carbonyl (C=O) groups is 2. The Kier molecular flexibility index (Phi) is 8.00. The third-order valence-electron chi connectivity index (χ3n) is 7.44. The van der Waals surface area contributed by atoms with Crippen molar-refractivity contribution >= 4 is 28.5 Å². The summed E-state index contributed by atoms with van der Waals surface area (Å²) >= 11 is 0. The summed E-state index contributed by atoms with van der Waals surface area (Å²) in [6.45, 7) is 3.80. The van der Waals surface area contributed by atoms with Gasteiger partial charge in [-0.2, -0.15) is 0 Å². The summed E-state index contributed by atoms with van der Waals surface area (Å²) < 4.78 is 6.80. The van der Waals surface area contributed by atoms with Crippen molar-refractivity contribution in [1.29, 1.82) is 0 Å². The minimum Gasteiger partial charge on any atom is -0.504 e. The lowest BCUT2D eigenvalue weighted by molar-refractivity contribution is -0.127. The highest BCUT2D eigenvalue weighted by Crippen LogP contribution is 2.35. The van der Waals surface area contributed by atoms with Crippen LogP contribution < -0.4 is 15.0 Å². The van der Waals surface area contributed by atoms with E-state index in [4.69, 9.17) is 4.74 Å². The third-order valence-corrected chi connectivity index (χ3v) is 7.44. The molecule has 0 saturated heterocycles. The molecule has 0 spiro atoms. The van der Waals surface area contributed by atoms with Gasteiger partial charge in [-0.05, 0) is 79.8 Å². The number of aromatic nitrogens is 3. The lowest BCUT2D eigenvalue weighted by atomic mass is 9.94. The van der Waals surface area contributed by atoms with E-state index in [1.165, 1.54) is 18.1 Å². The summed E-state index contributed by atoms with van der Waals surface area (Å²) in [6.07, 6.45) is 5.06. The van der Waals surface area contributed by atoms with Crippen LogP contribution in [0.4, 0.5) is 5.69 Å². The number of para-hydroxylation sites is 1. The summed E-state index contributed by atoms with van der Waals surface area (Å²) in [5.74, 6) is -0.453. The number of amides is 2. The lowest BCUT2D eigenvalue weighted by Gasteiger charge is -2.34. The van der Waals surface area contributed by atoms with Gasteiger partial charge < -0.3 is 15.2 Å². The number of anilines is 1. The molecule has 9 nitrogen and oxygen atoms in total. The molecule has 1 heterocycles. The van der Waals surface area contributed by atoms with E-state index in [-0.39, 0.29) is 35.9 Å². The molecule has 2 N–H and O–H groups in total. The number of phenols is 1. The zero-order valence-electron chi connectivity index (χ0n) is 23.1. The van der Waals surface area contributed by atoms with E-state index in [2.05, 4.69) is 15.6 Å². The molecule has 40 heavy (non-hydrogen) atoms. The summed E-state index contributed by atoms with van der Waals surface area (Å²) in [7, 11) is 1.47. The molecule has 9 heteroatoms. The summed E-state index contributed by atoms with van der Waals surface area (Å²) in [5.41, 5.74) is 4.39. The van der Waals surface area contributed by atoms with Crippen molar-refractivity contribution in [2.24, 2.45) is 0 Å². The monoisotopic (exact) mass is 541 g/mol. The second-order valence-corrected chi connectivity index (χ2v) is 10.5. The van der Waals surface area contributed by atoms with E-state index in [9.17, 15) is 14.7 Å². The van der Waals surface area contributed by atoms with Gasteiger partial charge in [0.05, 0.1) is 12.6 Å². The number of rotatable bonds is 8. The van der Waals surface area contributed by atoms with Gasteiger partial charge in [0.25, 0.3) is 0 Å². The minimum atomic E-state index is -1.04. The topological polar surface area (TPSA) is 110 Å². The number of methoxy groups -OCH3 is 1. The number of hydrogen-bond acceptors (Lipinski definition) is 6. The van der Waals surface area contributed by atoms with Crippen LogP contribution in [0.5, 0.6) is 11.5 Å². The molecule has 2 amide bonds. The predicted octanol–water partition coefficient (Wildman–Crippen LogP) is 4.99. The molecule has 0 bridgehead atoms. The minimum absolute atomic E-state index is 0.0334. The summed E-state index contributed by atoms with van der Waals surface area (Å²) in [4.78, 5) is 29.9. The Balaban J connectivity index is 1.61. The molecule has 3 aromatic carbocycles. The van der Waals surface area contributed by atoms with Crippen LogP contribution in [0.3, 0.4) is 0 Å². The van der Waals surface area contributed by atoms with Crippen molar-refractivity contribution in [3.05, 3.63) is 77.4 Å². The first kappa shape index (κ1) is 27.2. The molecule has 1 aliphatic carbocycles. The molecule has 1 aliphatic rings. The maximum Gasteiger partial charge on any atom is 0.249 e. The number of carbonyl (C=O) groups excluding carboxylic acids is 2. The molecule has 5 rings (SSSR count). The number of aromatic hydroxyl groups is 1. The number of aryl methyl sites for hydroxylation is 2. The normalized spacial score (nSPS) is 14.6. The van der Waals surface area contributed by atoms with Gasteiger partial charge in [0.1, 0.15) is 18.1 Å². The second-order valence-electron chi connectivity index (χ2n) is 10.5. The van der Waals surface area contributed by atoms with E-state index in [1.807, 2.05) is 56.3 Å². The fraction of sp³-hybridized carbons (Fsp3) is 0.355. The predicted molar refractivity (Wildman–Crippen MR) is 153 cm³/mol. The van der Waals surface area contributed by atoms with Crippen LogP contribution in [0.1, 0.15) is 54.8 Å². The third kappa shape index (κ3) is 5.78. The highest BCUT2D eigenvalue weighted by molar-refractivity contribution is 6.01. The Morgan fingerprint density at radius 2 is 1.77 bits per heavy atom. The number of phenolic OH excluding ortho intramolecular Hbond substituents is 1. The Bertz CT molecular complexity index is 1510. The largest absolute Gasteiger partial charge is 0.504 e. The molecular weight excluding hydrogens is 506 g/mol. The van der Waals surface area contributed by atoms with Crippen molar-refractivity contribution in [3.8, 4) is 11.5 Å². The van der Waals surface area contributed by atoms with Crippen molar-refractivity contribution < 1.29 is 19.4 Å². The van der Waals surface area contributed by atoms with Crippen molar-refractivity contribution in [2.75, 3.05) is 12.0 Å². The van der Waals surface area contributed by atoms with E-state index in [0.29, 0.717) is 16.8 Å². The van der Waals surface area contributed by atoms with Crippen LogP contribution in [0.15, 0.2) is 60.7 Å². The van der Waals surface area contributed by atoms with Gasteiger partial charge in [-0.15, -0.1) is 5.10 Å². The van der Waals surface area contributed by atoms with Crippen LogP contribution >= 0.6 is 0 Å². The standard InChI is InChI=1S/C31H35N5O4/c1-20-15-21(2)17-24(16-20)36(29(38)19-35-26-12-8-7-11-25(26)33-34-35)30(22-13-14-28(40-3)27(37)18-22)31(39)32-23-9-5-4-6-10-23/h7-8,11-18,23,30,37H,4-6,9-10,19H2,1-3H3,(H,32,39)/t30-/m1/s1. The van der Waals surface area contributed by atoms with Crippen LogP contribution in [0.2, 0.25) is 0 Å². The van der Waals surface area contributed by atoms with Crippen molar-refractivity contribution in [3.63, 3.8) is 0 Å². The first-order chi connectivity index (χ1) is 19.3. The zero-order valence-corrected chi connectivity index (χ0v) is 23.1. The van der Waals surface area contributed by atoms with Gasteiger partial charge in [0.2, 0.25) is 11.8 Å². The quantitative estimate of drug-likeness (QED) is 0.325. The molecule has 1 aromatic heterocycles. The smallest absolute Gasteiger partial charge is 0.249 e. The molecule has 1 saturated carbocycles. The van der Waals surface area contributed by atoms with Gasteiger partial charge in [-0.3, -0.25) is 14.5 Å². The molecule has 0 aliphatic heterocycles. The Morgan fingerprint density at radius 1 is 1.05 bits per heavy atom. The van der Waals surface area contributed by atoms with Gasteiger partial charge in [-0.25, -0.2) is 4.68 Å². The number of benzene rings is 3. The average Bonchev–Trinajstić information content (AvgIpc) is 3.34. The molecule has 0 radical (unpaired) electrons. The summed E-state index contributed by atoms with van der Waals surface area (Å²) in [6, 6.07) is 17.1. The van der Waals surface area contributed by atoms with Crippen LogP contribution in [-0.4, -0.2) is 45.1 Å². The average molecular weight is 542 g/mol. The number of fused-ring (bicyclic) bond motifs is 1. The number of nitrogens with zero attached hydrogens (tertiary/aromatic N) is 4. The molecule has 4 aromatic rings. The highest BCUT2D eigenvalue weighted by Gasteiger charge is 2.35. The van der Waals surface area contributed by atoms with Crippen LogP contribution in [0.25, 0.3) is 11.0 Å². The van der Waals surface area contributed by atoms with Gasteiger partial charge >= 0.3 is 0 Å². The van der Waals surface area contributed by atoms with E-state index < -0.39 is 6.04 Å². The van der Waals surface area contributed by atoms with E-state index >= 15 is 0 Å². The molecule has 1 atom stereocenters. The van der Waals surface area contributed by atoms with Crippen molar-refractivity contribution in [2.45, 2.75) is 64.6 Å². The number of nitrogens with one attached hydrogen (secondary N) is 1. The van der Waals surface area contributed by atoms with E-state index in [1.54, 1.807) is 16.8 Å². The Hall–Kier alpha value is -4.40. The van der Waals surface area contributed by atoms with Gasteiger partial charge in [0.15, 0.2) is 11.5 Å². The molecule has 208 valence electrons. The fourth-order valence-electron chi connectivity index (χ4n) is 5.59. The highest BCUT2D eigenvalue weighted by atomic mass is 16.5. The van der Waals surface area contributed by atoms with Gasteiger partial charge in [-0.1, -0.05) is 48.7 Å².